The first kappa shape index (κ1) is 18.9. The molecule has 2 N–H and O–H groups in total. The van der Waals surface area contributed by atoms with E-state index in [0.717, 1.165) is 15.4 Å². The zero-order valence-electron chi connectivity index (χ0n) is 14.5. The van der Waals surface area contributed by atoms with Crippen molar-refractivity contribution in [1.29, 1.82) is 0 Å². The number of rotatable bonds is 4. The van der Waals surface area contributed by atoms with Gasteiger partial charge in [-0.2, -0.15) is 17.4 Å². The lowest BCUT2D eigenvalue weighted by Crippen LogP contribution is -2.56. The number of aliphatic hydroxyl groups excluding tert-OH is 1. The van der Waals surface area contributed by atoms with Crippen LogP contribution in [0, 0.1) is 13.8 Å². The summed E-state index contributed by atoms with van der Waals surface area (Å²) in [6.07, 6.45) is -0.576. The first-order chi connectivity index (χ1) is 11.1. The Bertz CT molecular complexity index is 698. The number of aryl methyl sites for hydroxylation is 2. The molecule has 1 aliphatic rings. The minimum absolute atomic E-state index is 0.104. The van der Waals surface area contributed by atoms with Gasteiger partial charge in [0.05, 0.1) is 12.1 Å². The number of amides is 1. The van der Waals surface area contributed by atoms with Crippen LogP contribution in [-0.4, -0.2) is 68.0 Å². The van der Waals surface area contributed by atoms with Gasteiger partial charge in [0.15, 0.2) is 0 Å². The summed E-state index contributed by atoms with van der Waals surface area (Å²) >= 11 is 0. The van der Waals surface area contributed by atoms with Crippen LogP contribution in [0.2, 0.25) is 0 Å². The minimum Gasteiger partial charge on any atom is -0.390 e. The highest BCUT2D eigenvalue weighted by atomic mass is 32.2. The third kappa shape index (κ3) is 4.32. The molecule has 1 heterocycles. The largest absolute Gasteiger partial charge is 0.390 e. The van der Waals surface area contributed by atoms with Crippen LogP contribution in [0.1, 0.15) is 27.9 Å². The second kappa shape index (κ2) is 7.18. The van der Waals surface area contributed by atoms with E-state index in [-0.39, 0.29) is 12.5 Å². The number of β-amino-alcohol motifs (C(OH)–C–C–N with tert-alkyl or cyclic N) is 1. The molecule has 1 saturated heterocycles. The highest BCUT2D eigenvalue weighted by Gasteiger charge is 2.33. The lowest BCUT2D eigenvalue weighted by molar-refractivity contribution is 0.0364. The molecule has 0 unspecified atom stereocenters. The van der Waals surface area contributed by atoms with Crippen molar-refractivity contribution in [3.05, 3.63) is 34.9 Å². The van der Waals surface area contributed by atoms with Crippen molar-refractivity contribution >= 4 is 16.1 Å². The van der Waals surface area contributed by atoms with Gasteiger partial charge in [-0.25, -0.2) is 0 Å². The zero-order chi connectivity index (χ0) is 18.1. The van der Waals surface area contributed by atoms with Crippen molar-refractivity contribution in [2.45, 2.75) is 32.4 Å². The minimum atomic E-state index is -3.61. The molecule has 1 aliphatic heterocycles. The SMILES string of the molecule is Cc1cc(C)cc(C(=O)N2CC[C@@H](NS(=O)(=O)N(C)C)[C@H](O)C2)c1. The maximum absolute atomic E-state index is 12.6. The molecule has 0 saturated carbocycles. The molecule has 0 radical (unpaired) electrons. The highest BCUT2D eigenvalue weighted by Crippen LogP contribution is 2.17. The quantitative estimate of drug-likeness (QED) is 0.811. The Morgan fingerprint density at radius 3 is 2.33 bits per heavy atom. The molecule has 1 aromatic carbocycles. The molecule has 24 heavy (non-hydrogen) atoms. The van der Waals surface area contributed by atoms with Crippen LogP contribution in [0.4, 0.5) is 0 Å². The third-order valence-corrected chi connectivity index (χ3v) is 5.68. The highest BCUT2D eigenvalue weighted by molar-refractivity contribution is 7.87. The molecule has 1 aromatic rings. The van der Waals surface area contributed by atoms with E-state index in [1.165, 1.54) is 14.1 Å². The van der Waals surface area contributed by atoms with Gasteiger partial charge in [0.25, 0.3) is 16.1 Å². The monoisotopic (exact) mass is 355 g/mol. The number of carbonyl (C=O) groups excluding carboxylic acids is 1. The lowest BCUT2D eigenvalue weighted by atomic mass is 10.0. The van der Waals surface area contributed by atoms with Gasteiger partial charge in [-0.3, -0.25) is 4.79 Å². The smallest absolute Gasteiger partial charge is 0.279 e. The van der Waals surface area contributed by atoms with Gasteiger partial charge in [-0.15, -0.1) is 0 Å². The van der Waals surface area contributed by atoms with E-state index in [1.807, 2.05) is 32.0 Å². The van der Waals surface area contributed by atoms with E-state index in [9.17, 15) is 18.3 Å². The number of nitrogens with one attached hydrogen (secondary N) is 1. The molecule has 134 valence electrons. The maximum atomic E-state index is 12.6. The molecule has 0 bridgehead atoms. The van der Waals surface area contributed by atoms with E-state index < -0.39 is 22.4 Å². The molecular formula is C16H25N3O4S. The number of hydrogen-bond acceptors (Lipinski definition) is 4. The van der Waals surface area contributed by atoms with Crippen LogP contribution in [0.15, 0.2) is 18.2 Å². The summed E-state index contributed by atoms with van der Waals surface area (Å²) < 4.78 is 27.3. The summed E-state index contributed by atoms with van der Waals surface area (Å²) in [6, 6.07) is 5.04. The Hall–Kier alpha value is -1.48. The van der Waals surface area contributed by atoms with Crippen molar-refractivity contribution < 1.29 is 18.3 Å². The van der Waals surface area contributed by atoms with E-state index in [1.54, 1.807) is 4.90 Å². The normalized spacial score (nSPS) is 22.0. The topological polar surface area (TPSA) is 90.0 Å². The van der Waals surface area contributed by atoms with Crippen molar-refractivity contribution in [1.82, 2.24) is 13.9 Å². The average Bonchev–Trinajstić information content (AvgIpc) is 2.47. The molecule has 7 nitrogen and oxygen atoms in total. The molecular weight excluding hydrogens is 330 g/mol. The molecule has 2 rings (SSSR count). The van der Waals surface area contributed by atoms with E-state index >= 15 is 0 Å². The number of aliphatic hydroxyl groups is 1. The summed E-state index contributed by atoms with van der Waals surface area (Å²) in [5.41, 5.74) is 2.60. The fraction of sp³-hybridized carbons (Fsp3) is 0.562. The van der Waals surface area contributed by atoms with E-state index in [4.69, 9.17) is 0 Å². The molecule has 0 spiro atoms. The number of likely N-dealkylation sites (tertiary alicyclic amines) is 1. The Kier molecular flexibility index (Phi) is 5.64. The van der Waals surface area contributed by atoms with Crippen molar-refractivity contribution in [3.8, 4) is 0 Å². The standard InChI is InChI=1S/C16H25N3O4S/c1-11-7-12(2)9-13(8-11)16(21)19-6-5-14(15(20)10-19)17-24(22,23)18(3)4/h7-9,14-15,17,20H,5-6,10H2,1-4H3/t14-,15-/m1/s1. The average molecular weight is 355 g/mol. The van der Waals surface area contributed by atoms with Gasteiger partial charge in [0.1, 0.15) is 0 Å². The Balaban J connectivity index is 2.06. The van der Waals surface area contributed by atoms with Crippen LogP contribution >= 0.6 is 0 Å². The second-order valence-corrected chi connectivity index (χ2v) is 8.41. The first-order valence-electron chi connectivity index (χ1n) is 7.85. The summed E-state index contributed by atoms with van der Waals surface area (Å²) in [6.45, 7) is 4.36. The first-order valence-corrected chi connectivity index (χ1v) is 9.29. The van der Waals surface area contributed by atoms with Crippen LogP contribution in [0.25, 0.3) is 0 Å². The number of nitrogens with zero attached hydrogens (tertiary/aromatic N) is 2. The molecule has 2 atom stereocenters. The number of carbonyl (C=O) groups is 1. The number of piperidine rings is 1. The van der Waals surface area contributed by atoms with Crippen molar-refractivity contribution in [2.75, 3.05) is 27.2 Å². The predicted octanol–water partition coefficient (Wildman–Crippen LogP) is 0.275. The summed E-state index contributed by atoms with van der Waals surface area (Å²) in [5, 5.41) is 10.3. The predicted molar refractivity (Wildman–Crippen MR) is 92.0 cm³/mol. The molecule has 0 aromatic heterocycles. The fourth-order valence-corrected chi connectivity index (χ4v) is 3.70. The van der Waals surface area contributed by atoms with E-state index in [2.05, 4.69) is 4.72 Å². The summed E-state index contributed by atoms with van der Waals surface area (Å²) in [7, 11) is -0.764. The lowest BCUT2D eigenvalue weighted by Gasteiger charge is -2.36. The van der Waals surface area contributed by atoms with Crippen LogP contribution in [0.5, 0.6) is 0 Å². The number of benzene rings is 1. The Labute approximate surface area is 143 Å². The van der Waals surface area contributed by atoms with Gasteiger partial charge >= 0.3 is 0 Å². The van der Waals surface area contributed by atoms with Crippen LogP contribution in [-0.2, 0) is 10.2 Å². The molecule has 8 heteroatoms. The second-order valence-electron chi connectivity index (χ2n) is 6.50. The Morgan fingerprint density at radius 2 is 1.83 bits per heavy atom. The van der Waals surface area contributed by atoms with Crippen LogP contribution in [0.3, 0.4) is 0 Å². The van der Waals surface area contributed by atoms with E-state index in [0.29, 0.717) is 18.5 Å². The molecule has 0 aliphatic carbocycles. The molecule has 1 fully saturated rings. The third-order valence-electron chi connectivity index (χ3n) is 4.12. The van der Waals surface area contributed by atoms with Crippen molar-refractivity contribution in [2.24, 2.45) is 0 Å². The number of hydrogen-bond donors (Lipinski definition) is 2. The van der Waals surface area contributed by atoms with Gasteiger partial charge in [-0.1, -0.05) is 17.2 Å². The van der Waals surface area contributed by atoms with Gasteiger partial charge in [-0.05, 0) is 32.4 Å². The Morgan fingerprint density at radius 1 is 1.25 bits per heavy atom. The van der Waals surface area contributed by atoms with Gasteiger partial charge in [0, 0.05) is 32.7 Å². The van der Waals surface area contributed by atoms with Crippen LogP contribution < -0.4 is 4.72 Å². The molecule has 1 amide bonds. The summed E-state index contributed by atoms with van der Waals surface area (Å²) in [5.74, 6) is -0.144. The van der Waals surface area contributed by atoms with Gasteiger partial charge in [0.2, 0.25) is 0 Å². The fourth-order valence-electron chi connectivity index (χ4n) is 2.83. The summed E-state index contributed by atoms with van der Waals surface area (Å²) in [4.78, 5) is 14.2. The van der Waals surface area contributed by atoms with Crippen molar-refractivity contribution in [3.63, 3.8) is 0 Å². The maximum Gasteiger partial charge on any atom is 0.279 e. The van der Waals surface area contributed by atoms with Gasteiger partial charge < -0.3 is 10.0 Å². The zero-order valence-corrected chi connectivity index (χ0v) is 15.3.